The molecule has 6 atom stereocenters. The minimum atomic E-state index is -5.05. The SMILES string of the molecule is CC/C=C\C/C=C\C/C=C\C/C=C\C/C=C\CCOCC(COP(=O)(O)OC1C(O)C(O)C(O)C(O)C1O)OC(=O)CCCCC/C=C\C/C=C\C/C=C\CC. The quantitative estimate of drug-likeness (QED) is 0.0179. The summed E-state index contributed by atoms with van der Waals surface area (Å²) in [6.07, 6.45) is 32.3. The number of aliphatic hydroxyl groups is 5. The number of carbonyl (C=O) groups is 1. The maximum atomic E-state index is 12.8. The van der Waals surface area contributed by atoms with Crippen molar-refractivity contribution in [2.24, 2.45) is 0 Å². The Morgan fingerprint density at radius 1 is 0.571 bits per heavy atom. The first-order valence-corrected chi connectivity index (χ1v) is 21.6. The van der Waals surface area contributed by atoms with Gasteiger partial charge in [0, 0.05) is 6.42 Å². The number of ether oxygens (including phenoxy) is 2. The highest BCUT2D eigenvalue weighted by Crippen LogP contribution is 2.47. The lowest BCUT2D eigenvalue weighted by molar-refractivity contribution is -0.220. The summed E-state index contributed by atoms with van der Waals surface area (Å²) in [5.74, 6) is -0.537. The zero-order chi connectivity index (χ0) is 41.3. The third-order valence-corrected chi connectivity index (χ3v) is 9.46. The van der Waals surface area contributed by atoms with Crippen LogP contribution in [0.2, 0.25) is 0 Å². The lowest BCUT2D eigenvalue weighted by Gasteiger charge is -2.41. The summed E-state index contributed by atoms with van der Waals surface area (Å²) in [6, 6.07) is 0. The number of esters is 1. The second-order valence-electron chi connectivity index (χ2n) is 13.4. The third-order valence-electron chi connectivity index (χ3n) is 8.47. The zero-order valence-electron chi connectivity index (χ0n) is 33.4. The van der Waals surface area contributed by atoms with Crippen molar-refractivity contribution in [1.29, 1.82) is 0 Å². The molecule has 1 saturated carbocycles. The molecule has 0 aliphatic heterocycles. The highest BCUT2D eigenvalue weighted by Gasteiger charge is 2.51. The maximum Gasteiger partial charge on any atom is 0.472 e. The average Bonchev–Trinajstić information content (AvgIpc) is 3.18. The van der Waals surface area contributed by atoms with Gasteiger partial charge in [0.05, 0.1) is 19.8 Å². The molecule has 1 aliphatic carbocycles. The summed E-state index contributed by atoms with van der Waals surface area (Å²) >= 11 is 0. The van der Waals surface area contributed by atoms with E-state index >= 15 is 0 Å². The van der Waals surface area contributed by atoms with E-state index in [2.05, 4.69) is 98.9 Å². The molecule has 0 spiro atoms. The predicted molar refractivity (Wildman–Crippen MR) is 220 cm³/mol. The lowest BCUT2D eigenvalue weighted by Crippen LogP contribution is -2.64. The van der Waals surface area contributed by atoms with E-state index in [9.17, 15) is 39.8 Å². The Labute approximate surface area is 334 Å². The van der Waals surface area contributed by atoms with E-state index in [1.807, 2.05) is 12.2 Å². The first-order valence-electron chi connectivity index (χ1n) is 20.1. The molecule has 318 valence electrons. The highest BCUT2D eigenvalue weighted by molar-refractivity contribution is 7.47. The van der Waals surface area contributed by atoms with Gasteiger partial charge in [0.2, 0.25) is 0 Å². The van der Waals surface area contributed by atoms with Crippen molar-refractivity contribution in [2.45, 2.75) is 146 Å². The molecule has 1 aliphatic rings. The fraction of sp³-hybridized carbons (Fsp3) is 0.605. The Balaban J connectivity index is 2.55. The van der Waals surface area contributed by atoms with E-state index in [-0.39, 0.29) is 19.6 Å². The van der Waals surface area contributed by atoms with E-state index in [1.54, 1.807) is 0 Å². The van der Waals surface area contributed by atoms with Gasteiger partial charge in [0.1, 0.15) is 42.7 Å². The molecule has 0 aromatic heterocycles. The number of aliphatic hydroxyl groups excluding tert-OH is 5. The largest absolute Gasteiger partial charge is 0.472 e. The van der Waals surface area contributed by atoms with Crippen LogP contribution in [0.3, 0.4) is 0 Å². The van der Waals surface area contributed by atoms with Gasteiger partial charge in [0.25, 0.3) is 0 Å². The van der Waals surface area contributed by atoms with Gasteiger partial charge in [-0.3, -0.25) is 13.8 Å². The average molecular weight is 809 g/mol. The Hall–Kier alpha value is -2.74. The van der Waals surface area contributed by atoms with Crippen LogP contribution in [0.1, 0.15) is 104 Å². The minimum absolute atomic E-state index is 0.125. The second-order valence-corrected chi connectivity index (χ2v) is 14.8. The molecule has 0 amide bonds. The van der Waals surface area contributed by atoms with E-state index in [1.165, 1.54) is 0 Å². The molecule has 1 fully saturated rings. The van der Waals surface area contributed by atoms with Crippen LogP contribution in [0.5, 0.6) is 0 Å². The van der Waals surface area contributed by atoms with E-state index in [0.717, 1.165) is 70.6 Å². The molecule has 13 heteroatoms. The molecular formula is C43H69O12P. The molecule has 0 aromatic carbocycles. The van der Waals surface area contributed by atoms with E-state index in [4.69, 9.17) is 18.5 Å². The van der Waals surface area contributed by atoms with Crippen molar-refractivity contribution in [3.8, 4) is 0 Å². The van der Waals surface area contributed by atoms with Crippen molar-refractivity contribution in [1.82, 2.24) is 0 Å². The van der Waals surface area contributed by atoms with Gasteiger partial charge < -0.3 is 39.9 Å². The van der Waals surface area contributed by atoms with Crippen LogP contribution in [-0.4, -0.2) is 98.9 Å². The number of phosphoric ester groups is 1. The molecule has 0 bridgehead atoms. The van der Waals surface area contributed by atoms with Crippen LogP contribution in [-0.2, 0) is 27.9 Å². The summed E-state index contributed by atoms with van der Waals surface area (Å²) in [4.78, 5) is 23.0. The second kappa shape index (κ2) is 33.3. The standard InChI is InChI=1S/C43H69O12P/c1-3-5-7-9-11-13-15-17-18-19-21-23-25-27-29-31-33-52-34-36(35-53-56(50,51)55-43-41(48)39(46)38(45)40(47)42(43)49)54-37(44)32-30-28-26-24-22-20-16-14-12-10-8-6-4-2/h5-8,11-14,17-18,20-23,27,29,36,38-43,45-49H,3-4,9-10,15-16,19,24-26,28,30-35H2,1-2H3,(H,50,51)/b7-5-,8-6-,13-11-,14-12-,18-17-,22-20-,23-21-,29-27-. The zero-order valence-corrected chi connectivity index (χ0v) is 34.3. The summed E-state index contributed by atoms with van der Waals surface area (Å²) < 4.78 is 33.9. The summed E-state index contributed by atoms with van der Waals surface area (Å²) in [6.45, 7) is 3.74. The normalized spacial score (nSPS) is 24.1. The Morgan fingerprint density at radius 2 is 1.00 bits per heavy atom. The molecule has 0 saturated heterocycles. The molecule has 0 aromatic rings. The monoisotopic (exact) mass is 808 g/mol. The maximum absolute atomic E-state index is 12.8. The van der Waals surface area contributed by atoms with Gasteiger partial charge in [-0.05, 0) is 77.0 Å². The minimum Gasteiger partial charge on any atom is -0.457 e. The predicted octanol–water partition coefficient (Wildman–Crippen LogP) is 7.19. The Kier molecular flexibility index (Phi) is 30.5. The molecule has 6 N–H and O–H groups in total. The summed E-state index contributed by atoms with van der Waals surface area (Å²) in [7, 11) is -5.05. The van der Waals surface area contributed by atoms with Crippen molar-refractivity contribution in [2.75, 3.05) is 19.8 Å². The van der Waals surface area contributed by atoms with Gasteiger partial charge in [-0.1, -0.05) is 117 Å². The summed E-state index contributed by atoms with van der Waals surface area (Å²) in [5, 5.41) is 50.0. The van der Waals surface area contributed by atoms with Crippen LogP contribution in [0.4, 0.5) is 0 Å². The number of rotatable bonds is 31. The van der Waals surface area contributed by atoms with Gasteiger partial charge in [-0.25, -0.2) is 4.57 Å². The first-order chi connectivity index (χ1) is 27.0. The topological polar surface area (TPSA) is 192 Å². The van der Waals surface area contributed by atoms with Gasteiger partial charge in [0.15, 0.2) is 0 Å². The van der Waals surface area contributed by atoms with E-state index < -0.39 is 63.1 Å². The van der Waals surface area contributed by atoms with Crippen LogP contribution in [0.15, 0.2) is 97.2 Å². The number of unbranched alkanes of at least 4 members (excludes halogenated alkanes) is 3. The Morgan fingerprint density at radius 3 is 1.48 bits per heavy atom. The molecule has 0 radical (unpaired) electrons. The summed E-state index contributed by atoms with van der Waals surface area (Å²) in [5.41, 5.74) is 0. The van der Waals surface area contributed by atoms with Crippen molar-refractivity contribution in [3.63, 3.8) is 0 Å². The number of allylic oxidation sites excluding steroid dienone is 15. The van der Waals surface area contributed by atoms with Crippen LogP contribution < -0.4 is 0 Å². The van der Waals surface area contributed by atoms with Crippen LogP contribution in [0.25, 0.3) is 0 Å². The third kappa shape index (κ3) is 25.5. The van der Waals surface area contributed by atoms with Gasteiger partial charge >= 0.3 is 13.8 Å². The fourth-order valence-electron chi connectivity index (χ4n) is 5.31. The molecular weight excluding hydrogens is 739 g/mol. The van der Waals surface area contributed by atoms with E-state index in [0.29, 0.717) is 12.8 Å². The van der Waals surface area contributed by atoms with Gasteiger partial charge in [-0.15, -0.1) is 0 Å². The first kappa shape index (κ1) is 51.3. The lowest BCUT2D eigenvalue weighted by atomic mass is 9.85. The molecule has 0 heterocycles. The van der Waals surface area contributed by atoms with Crippen molar-refractivity contribution < 1.29 is 58.3 Å². The number of hydrogen-bond acceptors (Lipinski definition) is 11. The van der Waals surface area contributed by atoms with Crippen LogP contribution in [0, 0.1) is 0 Å². The highest BCUT2D eigenvalue weighted by atomic mass is 31.2. The Bertz CT molecular complexity index is 1290. The molecule has 1 rings (SSSR count). The van der Waals surface area contributed by atoms with Crippen molar-refractivity contribution in [3.05, 3.63) is 97.2 Å². The smallest absolute Gasteiger partial charge is 0.457 e. The molecule has 56 heavy (non-hydrogen) atoms. The number of carbonyl (C=O) groups excluding carboxylic acids is 1. The van der Waals surface area contributed by atoms with Crippen molar-refractivity contribution >= 4 is 13.8 Å². The number of hydrogen-bond donors (Lipinski definition) is 6. The van der Waals surface area contributed by atoms with Gasteiger partial charge in [-0.2, -0.15) is 0 Å². The molecule has 6 unspecified atom stereocenters. The fourth-order valence-corrected chi connectivity index (χ4v) is 6.29. The van der Waals surface area contributed by atoms with Crippen LogP contribution >= 0.6 is 7.82 Å². The number of phosphoric acid groups is 1. The molecule has 12 nitrogen and oxygen atoms in total.